The van der Waals surface area contributed by atoms with Gasteiger partial charge in [-0.1, -0.05) is 0 Å². The largest absolute Gasteiger partial charge is 0.486 e. The fourth-order valence-corrected chi connectivity index (χ4v) is 2.51. The summed E-state index contributed by atoms with van der Waals surface area (Å²) < 4.78 is 15.6. The van der Waals surface area contributed by atoms with Gasteiger partial charge in [-0.3, -0.25) is 4.79 Å². The third kappa shape index (κ3) is 4.05. The van der Waals surface area contributed by atoms with E-state index in [9.17, 15) is 9.59 Å². The van der Waals surface area contributed by atoms with Gasteiger partial charge in [0.15, 0.2) is 11.5 Å². The number of hydrogen-bond donors (Lipinski definition) is 2. The number of rotatable bonds is 5. The third-order valence-electron chi connectivity index (χ3n) is 3.89. The Balaban J connectivity index is 1.60. The van der Waals surface area contributed by atoms with E-state index in [1.165, 1.54) is 7.11 Å². The molecule has 26 heavy (non-hydrogen) atoms. The Bertz CT molecular complexity index is 804. The van der Waals surface area contributed by atoms with Crippen molar-refractivity contribution in [2.45, 2.75) is 13.0 Å². The number of amides is 1. The van der Waals surface area contributed by atoms with Crippen LogP contribution in [0, 0.1) is 0 Å². The standard InChI is InChI=1S/C19H20N2O5/c1-12(20-14-5-3-13(4-6-14)19(23)24-2)18(22)21-15-7-8-16-17(11-15)26-10-9-25-16/h3-8,11-12,20H,9-10H2,1-2H3,(H,21,22)/t12-/m1/s1. The maximum atomic E-state index is 12.4. The maximum Gasteiger partial charge on any atom is 0.337 e. The molecule has 0 aromatic heterocycles. The summed E-state index contributed by atoms with van der Waals surface area (Å²) in [4.78, 5) is 23.8. The molecule has 1 atom stereocenters. The second-order valence-electron chi connectivity index (χ2n) is 5.78. The molecule has 1 amide bonds. The van der Waals surface area contributed by atoms with E-state index in [0.29, 0.717) is 36.0 Å². The van der Waals surface area contributed by atoms with Crippen LogP contribution in [-0.4, -0.2) is 38.2 Å². The summed E-state index contributed by atoms with van der Waals surface area (Å²) in [5.74, 6) is 0.693. The number of carbonyl (C=O) groups excluding carboxylic acids is 2. The average Bonchev–Trinajstić information content (AvgIpc) is 2.67. The zero-order chi connectivity index (χ0) is 18.5. The molecule has 7 heteroatoms. The smallest absolute Gasteiger partial charge is 0.337 e. The van der Waals surface area contributed by atoms with Gasteiger partial charge < -0.3 is 24.8 Å². The van der Waals surface area contributed by atoms with Gasteiger partial charge in [0.1, 0.15) is 19.3 Å². The molecule has 0 saturated carbocycles. The van der Waals surface area contributed by atoms with Gasteiger partial charge >= 0.3 is 5.97 Å². The quantitative estimate of drug-likeness (QED) is 0.801. The second-order valence-corrected chi connectivity index (χ2v) is 5.78. The third-order valence-corrected chi connectivity index (χ3v) is 3.89. The number of esters is 1. The zero-order valence-electron chi connectivity index (χ0n) is 14.6. The molecular formula is C19H20N2O5. The van der Waals surface area contributed by atoms with Crippen LogP contribution in [0.25, 0.3) is 0 Å². The van der Waals surface area contributed by atoms with E-state index in [4.69, 9.17) is 9.47 Å². The molecule has 2 N–H and O–H groups in total. The van der Waals surface area contributed by atoms with Crippen LogP contribution in [0.4, 0.5) is 11.4 Å². The number of fused-ring (bicyclic) bond motifs is 1. The van der Waals surface area contributed by atoms with E-state index in [1.54, 1.807) is 49.4 Å². The van der Waals surface area contributed by atoms with E-state index in [0.717, 1.165) is 5.69 Å². The molecule has 0 spiro atoms. The number of nitrogens with one attached hydrogen (secondary N) is 2. The van der Waals surface area contributed by atoms with E-state index in [2.05, 4.69) is 15.4 Å². The minimum absolute atomic E-state index is 0.196. The van der Waals surface area contributed by atoms with E-state index < -0.39 is 12.0 Å². The number of benzene rings is 2. The Morgan fingerprint density at radius 2 is 1.65 bits per heavy atom. The van der Waals surface area contributed by atoms with Crippen LogP contribution in [-0.2, 0) is 9.53 Å². The summed E-state index contributed by atoms with van der Waals surface area (Å²) in [6.45, 7) is 2.76. The van der Waals surface area contributed by atoms with Crippen molar-refractivity contribution in [2.24, 2.45) is 0 Å². The predicted molar refractivity (Wildman–Crippen MR) is 96.9 cm³/mol. The van der Waals surface area contributed by atoms with Crippen molar-refractivity contribution < 1.29 is 23.8 Å². The number of ether oxygens (including phenoxy) is 3. The van der Waals surface area contributed by atoms with Gasteiger partial charge in [-0.25, -0.2) is 4.79 Å². The molecule has 0 aliphatic carbocycles. The number of methoxy groups -OCH3 is 1. The summed E-state index contributed by atoms with van der Waals surface area (Å²) in [5, 5.41) is 5.93. The van der Waals surface area contributed by atoms with Crippen molar-refractivity contribution in [1.82, 2.24) is 0 Å². The first-order chi connectivity index (χ1) is 12.6. The lowest BCUT2D eigenvalue weighted by molar-refractivity contribution is -0.116. The lowest BCUT2D eigenvalue weighted by Gasteiger charge is -2.20. The van der Waals surface area contributed by atoms with E-state index in [-0.39, 0.29) is 5.91 Å². The van der Waals surface area contributed by atoms with Crippen molar-refractivity contribution >= 4 is 23.3 Å². The number of anilines is 2. The topological polar surface area (TPSA) is 85.9 Å². The van der Waals surface area contributed by atoms with Gasteiger partial charge in [0.2, 0.25) is 5.91 Å². The SMILES string of the molecule is COC(=O)c1ccc(N[C@H](C)C(=O)Nc2ccc3c(c2)OCCO3)cc1. The minimum atomic E-state index is -0.479. The molecule has 0 fully saturated rings. The summed E-state index contributed by atoms with van der Waals surface area (Å²) in [6, 6.07) is 11.5. The highest BCUT2D eigenvalue weighted by Crippen LogP contribution is 2.32. The molecule has 2 aromatic carbocycles. The molecule has 2 aromatic rings. The van der Waals surface area contributed by atoms with Gasteiger partial charge in [0.25, 0.3) is 0 Å². The van der Waals surface area contributed by atoms with Crippen molar-refractivity contribution in [2.75, 3.05) is 31.0 Å². The Morgan fingerprint density at radius 1 is 1.00 bits per heavy atom. The molecule has 3 rings (SSSR count). The molecular weight excluding hydrogens is 336 g/mol. The van der Waals surface area contributed by atoms with Gasteiger partial charge in [-0.05, 0) is 43.3 Å². The van der Waals surface area contributed by atoms with Gasteiger partial charge in [0, 0.05) is 17.4 Å². The summed E-state index contributed by atoms with van der Waals surface area (Å²) in [6.07, 6.45) is 0. The van der Waals surface area contributed by atoms with Crippen molar-refractivity contribution in [1.29, 1.82) is 0 Å². The van der Waals surface area contributed by atoms with E-state index >= 15 is 0 Å². The highest BCUT2D eigenvalue weighted by atomic mass is 16.6. The Morgan fingerprint density at radius 3 is 2.35 bits per heavy atom. The Hall–Kier alpha value is -3.22. The molecule has 1 aliphatic rings. The first kappa shape index (κ1) is 17.6. The van der Waals surface area contributed by atoms with Gasteiger partial charge in [0.05, 0.1) is 12.7 Å². The lowest BCUT2D eigenvalue weighted by atomic mass is 10.2. The fourth-order valence-electron chi connectivity index (χ4n) is 2.51. The normalized spacial score (nSPS) is 13.5. The summed E-state index contributed by atoms with van der Waals surface area (Å²) >= 11 is 0. The van der Waals surface area contributed by atoms with Crippen LogP contribution in [0.15, 0.2) is 42.5 Å². The highest BCUT2D eigenvalue weighted by Gasteiger charge is 2.16. The zero-order valence-corrected chi connectivity index (χ0v) is 14.6. The molecule has 0 bridgehead atoms. The van der Waals surface area contributed by atoms with Crippen LogP contribution in [0.3, 0.4) is 0 Å². The predicted octanol–water partition coefficient (Wildman–Crippen LogP) is 2.68. The first-order valence-corrected chi connectivity index (χ1v) is 8.22. The van der Waals surface area contributed by atoms with Crippen molar-refractivity contribution in [3.63, 3.8) is 0 Å². The average molecular weight is 356 g/mol. The van der Waals surface area contributed by atoms with Gasteiger partial charge in [-0.15, -0.1) is 0 Å². The van der Waals surface area contributed by atoms with Crippen molar-refractivity contribution in [3.8, 4) is 11.5 Å². The van der Waals surface area contributed by atoms with Gasteiger partial charge in [-0.2, -0.15) is 0 Å². The molecule has 1 aliphatic heterocycles. The summed E-state index contributed by atoms with van der Waals surface area (Å²) in [7, 11) is 1.33. The Kier molecular flexibility index (Phi) is 5.26. The molecule has 0 radical (unpaired) electrons. The van der Waals surface area contributed by atoms with Crippen LogP contribution in [0.1, 0.15) is 17.3 Å². The van der Waals surface area contributed by atoms with Crippen LogP contribution in [0.5, 0.6) is 11.5 Å². The lowest BCUT2D eigenvalue weighted by Crippen LogP contribution is -2.31. The van der Waals surface area contributed by atoms with E-state index in [1.807, 2.05) is 0 Å². The second kappa shape index (κ2) is 7.77. The van der Waals surface area contributed by atoms with Crippen molar-refractivity contribution in [3.05, 3.63) is 48.0 Å². The highest BCUT2D eigenvalue weighted by molar-refractivity contribution is 5.96. The van der Waals surface area contributed by atoms with Crippen LogP contribution < -0.4 is 20.1 Å². The Labute approximate surface area is 151 Å². The minimum Gasteiger partial charge on any atom is -0.486 e. The monoisotopic (exact) mass is 356 g/mol. The molecule has 1 heterocycles. The molecule has 0 unspecified atom stereocenters. The first-order valence-electron chi connectivity index (χ1n) is 8.22. The maximum absolute atomic E-state index is 12.4. The molecule has 136 valence electrons. The van der Waals surface area contributed by atoms with Crippen LogP contribution in [0.2, 0.25) is 0 Å². The molecule has 7 nitrogen and oxygen atoms in total. The fraction of sp³-hybridized carbons (Fsp3) is 0.263. The van der Waals surface area contributed by atoms with Crippen LogP contribution >= 0.6 is 0 Å². The number of carbonyl (C=O) groups is 2. The molecule has 0 saturated heterocycles. The summed E-state index contributed by atoms with van der Waals surface area (Å²) in [5.41, 5.74) is 1.81. The number of hydrogen-bond acceptors (Lipinski definition) is 6.